The largest absolute Gasteiger partial charge is 0.0941 e. The van der Waals surface area contributed by atoms with E-state index in [1.54, 1.807) is 0 Å². The first kappa shape index (κ1) is 12.5. The first-order valence-electron chi connectivity index (χ1n) is 4.73. The van der Waals surface area contributed by atoms with Gasteiger partial charge in [0.2, 0.25) is 0 Å². The van der Waals surface area contributed by atoms with Crippen LogP contribution in [0.1, 0.15) is 27.7 Å². The Balaban J connectivity index is 0.000000671. The standard InChI is InChI=1S/C10H11Br.C2H6/c1-8(2)9-4-3-5-10(11)7-6-9;1-2/h4,6-8,10H,1-2H3;1-2H3. The van der Waals surface area contributed by atoms with Crippen LogP contribution in [0, 0.1) is 17.8 Å². The highest BCUT2D eigenvalue weighted by Gasteiger charge is 2.01. The lowest BCUT2D eigenvalue weighted by molar-refractivity contribution is 0.792. The van der Waals surface area contributed by atoms with Gasteiger partial charge in [-0.05, 0) is 17.6 Å². The molecule has 0 nitrogen and oxygen atoms in total. The van der Waals surface area contributed by atoms with Crippen molar-refractivity contribution in [2.24, 2.45) is 5.92 Å². The SMILES string of the molecule is CC.CC(C)C1=CC#CC(Br)C=C1. The second kappa shape index (κ2) is 6.97. The molecule has 0 radical (unpaired) electrons. The summed E-state index contributed by atoms with van der Waals surface area (Å²) < 4.78 is 0. The van der Waals surface area contributed by atoms with Crippen molar-refractivity contribution in [3.05, 3.63) is 23.8 Å². The lowest BCUT2D eigenvalue weighted by Crippen LogP contribution is -1.89. The van der Waals surface area contributed by atoms with Crippen LogP contribution in [0.3, 0.4) is 0 Å². The van der Waals surface area contributed by atoms with Crippen molar-refractivity contribution in [2.75, 3.05) is 0 Å². The van der Waals surface area contributed by atoms with Crippen molar-refractivity contribution in [1.29, 1.82) is 0 Å². The summed E-state index contributed by atoms with van der Waals surface area (Å²) in [6.07, 6.45) is 6.19. The minimum atomic E-state index is 0.218. The molecule has 0 spiro atoms. The number of hydrogen-bond donors (Lipinski definition) is 0. The van der Waals surface area contributed by atoms with E-state index in [2.05, 4.69) is 53.8 Å². The summed E-state index contributed by atoms with van der Waals surface area (Å²) in [6.45, 7) is 8.35. The predicted molar refractivity (Wildman–Crippen MR) is 63.9 cm³/mol. The predicted octanol–water partition coefficient (Wildman–Crippen LogP) is 3.93. The number of rotatable bonds is 1. The number of hydrogen-bond acceptors (Lipinski definition) is 0. The molecule has 13 heavy (non-hydrogen) atoms. The fraction of sp³-hybridized carbons (Fsp3) is 0.500. The van der Waals surface area contributed by atoms with Crippen molar-refractivity contribution >= 4 is 15.9 Å². The van der Waals surface area contributed by atoms with Gasteiger partial charge in [-0.15, -0.1) is 0 Å². The normalized spacial score (nSPS) is 19.2. The van der Waals surface area contributed by atoms with Gasteiger partial charge in [-0.3, -0.25) is 0 Å². The zero-order valence-corrected chi connectivity index (χ0v) is 10.4. The molecule has 0 heterocycles. The Morgan fingerprint density at radius 2 is 2.00 bits per heavy atom. The van der Waals surface area contributed by atoms with Crippen LogP contribution in [-0.4, -0.2) is 4.83 Å². The zero-order valence-electron chi connectivity index (χ0n) is 8.76. The first-order valence-corrected chi connectivity index (χ1v) is 5.65. The summed E-state index contributed by atoms with van der Waals surface area (Å²) in [5.74, 6) is 6.61. The Labute approximate surface area is 90.2 Å². The molecule has 0 saturated heterocycles. The summed E-state index contributed by atoms with van der Waals surface area (Å²) in [6, 6.07) is 0. The van der Waals surface area contributed by atoms with E-state index < -0.39 is 0 Å². The Kier molecular flexibility index (Phi) is 6.72. The monoisotopic (exact) mass is 240 g/mol. The topological polar surface area (TPSA) is 0 Å². The van der Waals surface area contributed by atoms with E-state index in [1.165, 1.54) is 5.57 Å². The third-order valence-corrected chi connectivity index (χ3v) is 2.12. The van der Waals surface area contributed by atoms with Crippen molar-refractivity contribution in [3.8, 4) is 11.8 Å². The highest BCUT2D eigenvalue weighted by molar-refractivity contribution is 9.09. The number of alkyl halides is 1. The van der Waals surface area contributed by atoms with Crippen LogP contribution in [0.2, 0.25) is 0 Å². The van der Waals surface area contributed by atoms with Crippen molar-refractivity contribution in [1.82, 2.24) is 0 Å². The van der Waals surface area contributed by atoms with Crippen molar-refractivity contribution in [2.45, 2.75) is 32.5 Å². The van der Waals surface area contributed by atoms with Crippen LogP contribution in [0.4, 0.5) is 0 Å². The molecular formula is C12H17Br. The van der Waals surface area contributed by atoms with Crippen LogP contribution >= 0.6 is 15.9 Å². The minimum Gasteiger partial charge on any atom is -0.0792 e. The summed E-state index contributed by atoms with van der Waals surface area (Å²) in [7, 11) is 0. The lowest BCUT2D eigenvalue weighted by atomic mass is 10.0. The van der Waals surface area contributed by atoms with Gasteiger partial charge < -0.3 is 0 Å². The molecule has 1 unspecified atom stereocenters. The summed E-state index contributed by atoms with van der Waals surface area (Å²) in [4.78, 5) is 0.218. The molecule has 0 aromatic carbocycles. The van der Waals surface area contributed by atoms with E-state index in [0.29, 0.717) is 5.92 Å². The second-order valence-corrected chi connectivity index (χ2v) is 3.84. The van der Waals surface area contributed by atoms with E-state index in [0.717, 1.165) is 0 Å². The Morgan fingerprint density at radius 3 is 2.54 bits per heavy atom. The molecule has 0 fully saturated rings. The summed E-state index contributed by atoms with van der Waals surface area (Å²) in [5, 5.41) is 0. The van der Waals surface area contributed by atoms with Gasteiger partial charge in [0.05, 0.1) is 4.83 Å². The Bertz CT molecular complexity index is 248. The average molecular weight is 241 g/mol. The lowest BCUT2D eigenvalue weighted by Gasteiger charge is -2.02. The highest BCUT2D eigenvalue weighted by Crippen LogP contribution is 2.14. The molecule has 0 aliphatic heterocycles. The van der Waals surface area contributed by atoms with Crippen LogP contribution in [-0.2, 0) is 0 Å². The van der Waals surface area contributed by atoms with Gasteiger partial charge in [0.15, 0.2) is 0 Å². The van der Waals surface area contributed by atoms with E-state index >= 15 is 0 Å². The maximum absolute atomic E-state index is 3.42. The maximum Gasteiger partial charge on any atom is 0.0941 e. The molecule has 1 heteroatoms. The van der Waals surface area contributed by atoms with Crippen LogP contribution in [0.25, 0.3) is 0 Å². The molecule has 1 aliphatic carbocycles. The zero-order chi connectivity index (χ0) is 10.3. The molecule has 0 bridgehead atoms. The fourth-order valence-corrected chi connectivity index (χ4v) is 1.14. The molecular weight excluding hydrogens is 224 g/mol. The maximum atomic E-state index is 3.42. The van der Waals surface area contributed by atoms with Crippen LogP contribution in [0.5, 0.6) is 0 Å². The van der Waals surface area contributed by atoms with Crippen LogP contribution in [0.15, 0.2) is 23.8 Å². The smallest absolute Gasteiger partial charge is 0.0792 e. The van der Waals surface area contributed by atoms with E-state index in [9.17, 15) is 0 Å². The van der Waals surface area contributed by atoms with E-state index in [1.807, 2.05) is 19.9 Å². The fourth-order valence-electron chi connectivity index (χ4n) is 0.856. The molecule has 1 rings (SSSR count). The average Bonchev–Trinajstić information content (AvgIpc) is 2.33. The van der Waals surface area contributed by atoms with Crippen molar-refractivity contribution < 1.29 is 0 Å². The Morgan fingerprint density at radius 1 is 1.38 bits per heavy atom. The molecule has 0 saturated carbocycles. The van der Waals surface area contributed by atoms with Gasteiger partial charge in [0, 0.05) is 0 Å². The molecule has 0 aromatic rings. The molecule has 1 atom stereocenters. The Hall–Kier alpha value is -0.480. The van der Waals surface area contributed by atoms with Gasteiger partial charge in [-0.2, -0.15) is 0 Å². The molecule has 0 N–H and O–H groups in total. The van der Waals surface area contributed by atoms with Gasteiger partial charge in [0.25, 0.3) is 0 Å². The van der Waals surface area contributed by atoms with Gasteiger partial charge in [-0.25, -0.2) is 0 Å². The van der Waals surface area contributed by atoms with Crippen LogP contribution < -0.4 is 0 Å². The van der Waals surface area contributed by atoms with Crippen molar-refractivity contribution in [3.63, 3.8) is 0 Å². The molecule has 72 valence electrons. The van der Waals surface area contributed by atoms with E-state index in [-0.39, 0.29) is 4.83 Å². The van der Waals surface area contributed by atoms with Gasteiger partial charge >= 0.3 is 0 Å². The van der Waals surface area contributed by atoms with Gasteiger partial charge in [-0.1, -0.05) is 67.6 Å². The third kappa shape index (κ3) is 4.95. The molecule has 0 amide bonds. The third-order valence-electron chi connectivity index (χ3n) is 1.58. The quantitative estimate of drug-likeness (QED) is 0.482. The summed E-state index contributed by atoms with van der Waals surface area (Å²) in [5.41, 5.74) is 1.31. The highest BCUT2D eigenvalue weighted by atomic mass is 79.9. The molecule has 1 aliphatic rings. The first-order chi connectivity index (χ1) is 6.20. The second-order valence-electron chi connectivity index (χ2n) is 2.85. The van der Waals surface area contributed by atoms with E-state index in [4.69, 9.17) is 0 Å². The molecule has 0 aromatic heterocycles. The number of allylic oxidation sites excluding steroid dienone is 4. The summed E-state index contributed by atoms with van der Waals surface area (Å²) >= 11 is 3.42. The minimum absolute atomic E-state index is 0.218. The van der Waals surface area contributed by atoms with Gasteiger partial charge in [0.1, 0.15) is 0 Å². The number of halogens is 1.